The van der Waals surface area contributed by atoms with Crippen LogP contribution >= 0.6 is 0 Å². The minimum atomic E-state index is -0.0482. The molecule has 0 radical (unpaired) electrons. The number of hydrogen-bond donors (Lipinski definition) is 2. The van der Waals surface area contributed by atoms with Crippen LogP contribution in [0.4, 0.5) is 17.5 Å². The van der Waals surface area contributed by atoms with Gasteiger partial charge >= 0.3 is 0 Å². The van der Waals surface area contributed by atoms with E-state index in [0.29, 0.717) is 25.6 Å². The largest absolute Gasteiger partial charge is 0.383 e. The summed E-state index contributed by atoms with van der Waals surface area (Å²) in [6.45, 7) is 4.61. The molecule has 0 saturated carbocycles. The third-order valence-corrected chi connectivity index (χ3v) is 4.65. The van der Waals surface area contributed by atoms with Gasteiger partial charge in [-0.3, -0.25) is 4.79 Å². The molecule has 3 rings (SSSR count). The Morgan fingerprint density at radius 2 is 2.11 bits per heavy atom. The summed E-state index contributed by atoms with van der Waals surface area (Å²) in [7, 11) is 1.63. The monoisotopic (exact) mass is 369 g/mol. The summed E-state index contributed by atoms with van der Waals surface area (Å²) in [5.74, 6) is 1.43. The Bertz CT molecular complexity index is 750. The number of carbonyl (C=O) groups excluding carboxylic acids is 1. The Labute approximate surface area is 160 Å². The second-order valence-electron chi connectivity index (χ2n) is 6.80. The van der Waals surface area contributed by atoms with Crippen molar-refractivity contribution in [1.82, 2.24) is 15.3 Å². The molecule has 2 N–H and O–H groups in total. The zero-order valence-electron chi connectivity index (χ0n) is 15.9. The van der Waals surface area contributed by atoms with Crippen LogP contribution in [0, 0.1) is 12.8 Å². The average molecular weight is 369 g/mol. The van der Waals surface area contributed by atoms with Crippen molar-refractivity contribution in [3.8, 4) is 0 Å². The smallest absolute Gasteiger partial charge is 0.227 e. The van der Waals surface area contributed by atoms with E-state index in [2.05, 4.69) is 44.6 Å². The lowest BCUT2D eigenvalue weighted by Crippen LogP contribution is -2.44. The zero-order valence-corrected chi connectivity index (χ0v) is 15.9. The van der Waals surface area contributed by atoms with Crippen molar-refractivity contribution in [3.63, 3.8) is 0 Å². The van der Waals surface area contributed by atoms with E-state index in [-0.39, 0.29) is 11.8 Å². The van der Waals surface area contributed by atoms with Crippen molar-refractivity contribution >= 4 is 23.4 Å². The van der Waals surface area contributed by atoms with Crippen LogP contribution in [0.15, 0.2) is 36.5 Å². The van der Waals surface area contributed by atoms with E-state index >= 15 is 0 Å². The van der Waals surface area contributed by atoms with Gasteiger partial charge in [0.1, 0.15) is 5.82 Å². The molecule has 144 valence electrons. The zero-order chi connectivity index (χ0) is 19.1. The van der Waals surface area contributed by atoms with Crippen molar-refractivity contribution in [2.45, 2.75) is 19.8 Å². The molecule has 1 fully saturated rings. The molecule has 1 aromatic heterocycles. The van der Waals surface area contributed by atoms with Gasteiger partial charge in [-0.25, -0.2) is 4.98 Å². The lowest BCUT2D eigenvalue weighted by atomic mass is 9.97. The first-order chi connectivity index (χ1) is 13.2. The van der Waals surface area contributed by atoms with E-state index in [1.54, 1.807) is 13.3 Å². The fourth-order valence-electron chi connectivity index (χ4n) is 3.15. The van der Waals surface area contributed by atoms with Crippen LogP contribution in [0.2, 0.25) is 0 Å². The molecule has 1 aliphatic rings. The van der Waals surface area contributed by atoms with Crippen LogP contribution in [0.5, 0.6) is 0 Å². The molecule has 0 aliphatic carbocycles. The maximum Gasteiger partial charge on any atom is 0.227 e. The third kappa shape index (κ3) is 5.40. The van der Waals surface area contributed by atoms with Crippen LogP contribution in [0.1, 0.15) is 18.4 Å². The molecule has 2 heterocycles. The van der Waals surface area contributed by atoms with Crippen LogP contribution in [-0.4, -0.2) is 49.2 Å². The number of hydrogen-bond acceptors (Lipinski definition) is 6. The molecule has 1 amide bonds. The number of aromatic nitrogens is 2. The Morgan fingerprint density at radius 1 is 1.30 bits per heavy atom. The highest BCUT2D eigenvalue weighted by Gasteiger charge is 2.27. The molecule has 27 heavy (non-hydrogen) atoms. The standard InChI is InChI=1S/C20H27N5O2/c1-15-5-7-17(8-6-15)23-18-9-10-22-20(24-18)25-12-3-4-16(14-25)19(26)21-11-13-27-2/h5-10,16H,3-4,11-14H2,1-2H3,(H,21,26)(H,22,23,24). The lowest BCUT2D eigenvalue weighted by Gasteiger charge is -2.32. The molecule has 7 nitrogen and oxygen atoms in total. The Balaban J connectivity index is 1.63. The van der Waals surface area contributed by atoms with Crippen molar-refractivity contribution < 1.29 is 9.53 Å². The predicted octanol–water partition coefficient (Wildman–Crippen LogP) is 2.51. The molecular weight excluding hydrogens is 342 g/mol. The summed E-state index contributed by atoms with van der Waals surface area (Å²) in [6, 6.07) is 10.0. The molecule has 0 bridgehead atoms. The molecule has 1 saturated heterocycles. The highest BCUT2D eigenvalue weighted by Crippen LogP contribution is 2.22. The quantitative estimate of drug-likeness (QED) is 0.730. The first-order valence-corrected chi connectivity index (χ1v) is 9.34. The fraction of sp³-hybridized carbons (Fsp3) is 0.450. The first-order valence-electron chi connectivity index (χ1n) is 9.34. The number of ether oxygens (including phenoxy) is 1. The molecule has 1 unspecified atom stereocenters. The van der Waals surface area contributed by atoms with Gasteiger partial charge in [0.15, 0.2) is 0 Å². The molecular formula is C20H27N5O2. The molecule has 2 aromatic rings. The molecule has 0 spiro atoms. The third-order valence-electron chi connectivity index (χ3n) is 4.65. The first kappa shape index (κ1) is 19.1. The number of aryl methyl sites for hydroxylation is 1. The van der Waals surface area contributed by atoms with E-state index in [1.807, 2.05) is 18.2 Å². The molecule has 1 aliphatic heterocycles. The van der Waals surface area contributed by atoms with E-state index in [1.165, 1.54) is 5.56 Å². The van der Waals surface area contributed by atoms with Crippen LogP contribution in [0.3, 0.4) is 0 Å². The van der Waals surface area contributed by atoms with E-state index in [9.17, 15) is 4.79 Å². The topological polar surface area (TPSA) is 79.4 Å². The Hall–Kier alpha value is -2.67. The number of amides is 1. The van der Waals surface area contributed by atoms with Crippen molar-refractivity contribution in [1.29, 1.82) is 0 Å². The highest BCUT2D eigenvalue weighted by molar-refractivity contribution is 5.79. The normalized spacial score (nSPS) is 16.8. The van der Waals surface area contributed by atoms with Gasteiger partial charge in [-0.1, -0.05) is 17.7 Å². The molecule has 7 heteroatoms. The lowest BCUT2D eigenvalue weighted by molar-refractivity contribution is -0.125. The van der Waals surface area contributed by atoms with Gasteiger partial charge in [-0.2, -0.15) is 4.98 Å². The van der Waals surface area contributed by atoms with Gasteiger partial charge in [0.25, 0.3) is 0 Å². The number of nitrogens with one attached hydrogen (secondary N) is 2. The van der Waals surface area contributed by atoms with Gasteiger partial charge in [0.2, 0.25) is 11.9 Å². The minimum absolute atomic E-state index is 0.0482. The molecule has 1 aromatic carbocycles. The van der Waals surface area contributed by atoms with Gasteiger partial charge in [-0.15, -0.1) is 0 Å². The number of nitrogens with zero attached hydrogens (tertiary/aromatic N) is 3. The summed E-state index contributed by atoms with van der Waals surface area (Å²) < 4.78 is 4.99. The van der Waals surface area contributed by atoms with Crippen molar-refractivity contribution in [2.75, 3.05) is 43.6 Å². The summed E-state index contributed by atoms with van der Waals surface area (Å²) in [5.41, 5.74) is 2.20. The number of anilines is 3. The van der Waals surface area contributed by atoms with E-state index in [4.69, 9.17) is 4.74 Å². The Kier molecular flexibility index (Phi) is 6.59. The van der Waals surface area contributed by atoms with Gasteiger partial charge in [0.05, 0.1) is 12.5 Å². The Morgan fingerprint density at radius 3 is 2.89 bits per heavy atom. The maximum absolute atomic E-state index is 12.3. The van der Waals surface area contributed by atoms with Crippen LogP contribution < -0.4 is 15.5 Å². The van der Waals surface area contributed by atoms with Gasteiger partial charge in [0, 0.05) is 38.6 Å². The molecule has 1 atom stereocenters. The summed E-state index contributed by atoms with van der Waals surface area (Å²) >= 11 is 0. The van der Waals surface area contributed by atoms with E-state index < -0.39 is 0 Å². The van der Waals surface area contributed by atoms with Gasteiger partial charge in [-0.05, 0) is 38.0 Å². The number of methoxy groups -OCH3 is 1. The number of benzene rings is 1. The van der Waals surface area contributed by atoms with Crippen molar-refractivity contribution in [2.24, 2.45) is 5.92 Å². The van der Waals surface area contributed by atoms with Crippen molar-refractivity contribution in [3.05, 3.63) is 42.1 Å². The average Bonchev–Trinajstić information content (AvgIpc) is 2.70. The second kappa shape index (κ2) is 9.32. The van der Waals surface area contributed by atoms with Crippen LogP contribution in [-0.2, 0) is 9.53 Å². The summed E-state index contributed by atoms with van der Waals surface area (Å²) in [4.78, 5) is 23.5. The summed E-state index contributed by atoms with van der Waals surface area (Å²) in [6.07, 6.45) is 3.58. The number of carbonyl (C=O) groups is 1. The fourth-order valence-corrected chi connectivity index (χ4v) is 3.15. The number of piperidine rings is 1. The summed E-state index contributed by atoms with van der Waals surface area (Å²) in [5, 5.41) is 6.24. The predicted molar refractivity (Wildman–Crippen MR) is 106 cm³/mol. The van der Waals surface area contributed by atoms with Crippen LogP contribution in [0.25, 0.3) is 0 Å². The number of rotatable bonds is 7. The second-order valence-corrected chi connectivity index (χ2v) is 6.80. The minimum Gasteiger partial charge on any atom is -0.383 e. The van der Waals surface area contributed by atoms with E-state index in [0.717, 1.165) is 30.9 Å². The highest BCUT2D eigenvalue weighted by atomic mass is 16.5. The van der Waals surface area contributed by atoms with Gasteiger partial charge < -0.3 is 20.3 Å². The maximum atomic E-state index is 12.3. The SMILES string of the molecule is COCCNC(=O)C1CCCN(c2nccc(Nc3ccc(C)cc3)n2)C1.